The first kappa shape index (κ1) is 26.0. The van der Waals surface area contributed by atoms with E-state index in [9.17, 15) is 30.0 Å². The van der Waals surface area contributed by atoms with Gasteiger partial charge in [0.2, 0.25) is 0 Å². The Kier molecular flexibility index (Phi) is 7.05. The third-order valence-electron chi connectivity index (χ3n) is 9.10. The molecular formula is C29H34N2O7. The molecule has 1 unspecified atom stereocenters. The van der Waals surface area contributed by atoms with Crippen LogP contribution in [-0.2, 0) is 14.4 Å². The smallest absolute Gasteiger partial charge is 0.334 e. The first-order chi connectivity index (χ1) is 18.2. The average Bonchev–Trinajstić information content (AvgIpc) is 3.18. The number of rotatable bonds is 7. The summed E-state index contributed by atoms with van der Waals surface area (Å²) in [6.07, 6.45) is 3.56. The van der Waals surface area contributed by atoms with Crippen molar-refractivity contribution in [2.45, 2.75) is 69.8 Å². The number of carbonyl (C=O) groups excluding carboxylic acids is 1. The predicted molar refractivity (Wildman–Crippen MR) is 139 cm³/mol. The number of fused-ring (bicyclic) bond motifs is 5. The molecule has 6 atom stereocenters. The van der Waals surface area contributed by atoms with Gasteiger partial charge in [-0.1, -0.05) is 25.1 Å². The zero-order chi connectivity index (χ0) is 27.0. The van der Waals surface area contributed by atoms with Crippen molar-refractivity contribution in [2.75, 3.05) is 0 Å². The molecular weight excluding hydrogens is 488 g/mol. The molecule has 2 fully saturated rings. The molecule has 2 aromatic carbocycles. The fourth-order valence-electron chi connectivity index (χ4n) is 7.12. The van der Waals surface area contributed by atoms with E-state index < -0.39 is 17.9 Å². The van der Waals surface area contributed by atoms with Crippen molar-refractivity contribution in [2.24, 2.45) is 22.4 Å². The van der Waals surface area contributed by atoms with E-state index in [0.717, 1.165) is 36.8 Å². The highest BCUT2D eigenvalue weighted by atomic mass is 16.7. The molecule has 0 bridgehead atoms. The lowest BCUT2D eigenvalue weighted by molar-refractivity contribution is -0.151. The van der Waals surface area contributed by atoms with E-state index in [1.54, 1.807) is 24.3 Å². The summed E-state index contributed by atoms with van der Waals surface area (Å²) in [5, 5.41) is 44.1. The summed E-state index contributed by atoms with van der Waals surface area (Å²) in [5.41, 5.74) is 5.53. The molecule has 9 heteroatoms. The Morgan fingerprint density at radius 2 is 1.82 bits per heavy atom. The number of carbonyl (C=O) groups is 2. The monoisotopic (exact) mass is 522 g/mol. The third-order valence-corrected chi connectivity index (χ3v) is 9.10. The normalized spacial score (nSPS) is 29.6. The van der Waals surface area contributed by atoms with Gasteiger partial charge in [0, 0.05) is 11.5 Å². The molecule has 0 heterocycles. The van der Waals surface area contributed by atoms with Crippen LogP contribution in [0.3, 0.4) is 0 Å². The number of nitrogens with one attached hydrogen (secondary N) is 1. The lowest BCUT2D eigenvalue weighted by atomic mass is 9.55. The van der Waals surface area contributed by atoms with Gasteiger partial charge in [0.05, 0.1) is 24.7 Å². The molecule has 5 rings (SSSR count). The lowest BCUT2D eigenvalue weighted by Crippen LogP contribution is -2.45. The van der Waals surface area contributed by atoms with Crippen molar-refractivity contribution < 1.29 is 34.9 Å². The SMILES string of the molecule is C[C@]12CC[C@@H]3c4ccc(O)cc4C(=NNOC(=O)CC(CC(=O)O)c4ccc(O)cc4)C[C@H]3[C@@H]1CC[C@@H]2O. The molecule has 0 spiro atoms. The Hall–Kier alpha value is -3.59. The second-order valence-corrected chi connectivity index (χ2v) is 11.2. The Bertz CT molecular complexity index is 1240. The van der Waals surface area contributed by atoms with Crippen LogP contribution in [0.25, 0.3) is 0 Å². The zero-order valence-electron chi connectivity index (χ0n) is 21.3. The Morgan fingerprint density at radius 1 is 1.08 bits per heavy atom. The number of aliphatic hydroxyl groups is 1. The topological polar surface area (TPSA) is 149 Å². The summed E-state index contributed by atoms with van der Waals surface area (Å²) < 4.78 is 0. The number of carboxylic acid groups (broad SMARTS) is 1. The van der Waals surface area contributed by atoms with E-state index >= 15 is 0 Å². The number of benzene rings is 2. The van der Waals surface area contributed by atoms with Crippen molar-refractivity contribution in [1.82, 2.24) is 5.59 Å². The maximum absolute atomic E-state index is 12.6. The molecule has 5 N–H and O–H groups in total. The quantitative estimate of drug-likeness (QED) is 0.340. The minimum atomic E-state index is -1.05. The van der Waals surface area contributed by atoms with Crippen LogP contribution < -0.4 is 5.59 Å². The van der Waals surface area contributed by atoms with Gasteiger partial charge in [-0.15, -0.1) is 10.7 Å². The van der Waals surface area contributed by atoms with Crippen LogP contribution in [0.2, 0.25) is 0 Å². The summed E-state index contributed by atoms with van der Waals surface area (Å²) in [6.45, 7) is 2.19. The molecule has 3 aliphatic carbocycles. The number of hydrogen-bond donors (Lipinski definition) is 5. The van der Waals surface area contributed by atoms with Gasteiger partial charge in [-0.05, 0) is 90.7 Å². The van der Waals surface area contributed by atoms with Crippen molar-refractivity contribution in [3.8, 4) is 11.5 Å². The third kappa shape index (κ3) is 4.95. The number of phenols is 2. The van der Waals surface area contributed by atoms with Crippen molar-refractivity contribution in [1.29, 1.82) is 0 Å². The number of hydrazone groups is 1. The number of hydrogen-bond acceptors (Lipinski definition) is 8. The fraction of sp³-hybridized carbons (Fsp3) is 0.483. The number of carboxylic acids is 1. The molecule has 0 saturated heterocycles. The van der Waals surface area contributed by atoms with E-state index in [4.69, 9.17) is 4.84 Å². The summed E-state index contributed by atoms with van der Waals surface area (Å²) in [4.78, 5) is 29.2. The van der Waals surface area contributed by atoms with Gasteiger partial charge in [-0.25, -0.2) is 4.79 Å². The Balaban J connectivity index is 1.32. The molecule has 38 heavy (non-hydrogen) atoms. The molecule has 3 aliphatic rings. The van der Waals surface area contributed by atoms with E-state index in [1.807, 2.05) is 6.07 Å². The zero-order valence-corrected chi connectivity index (χ0v) is 21.3. The molecule has 9 nitrogen and oxygen atoms in total. The van der Waals surface area contributed by atoms with Crippen LogP contribution >= 0.6 is 0 Å². The van der Waals surface area contributed by atoms with Gasteiger partial charge in [-0.3, -0.25) is 4.79 Å². The van der Waals surface area contributed by atoms with Crippen LogP contribution in [0.15, 0.2) is 47.6 Å². The predicted octanol–water partition coefficient (Wildman–Crippen LogP) is 4.17. The molecule has 202 valence electrons. The van der Waals surface area contributed by atoms with E-state index in [0.29, 0.717) is 29.5 Å². The fourth-order valence-corrected chi connectivity index (χ4v) is 7.12. The molecule has 2 saturated carbocycles. The van der Waals surface area contributed by atoms with Crippen molar-refractivity contribution >= 4 is 17.7 Å². The summed E-state index contributed by atoms with van der Waals surface area (Å²) in [5.74, 6) is -1.20. The molecule has 2 aromatic rings. The van der Waals surface area contributed by atoms with Gasteiger partial charge in [-0.2, -0.15) is 0 Å². The first-order valence-electron chi connectivity index (χ1n) is 13.2. The standard InChI is InChI=1S/C29H34N2O7/c1-29-11-10-21-20-7-6-19(33)14-23(20)25(15-22(21)24(29)8-9-26(29)34)30-31-38-28(37)13-17(12-27(35)36)16-2-4-18(32)5-3-16/h2-7,14,17,21-22,24,26,31-34H,8-13,15H2,1H3,(H,35,36)/t17?,21-,22-,24+,26+,29+/m1/s1. The van der Waals surface area contributed by atoms with Gasteiger partial charge >= 0.3 is 11.9 Å². The molecule has 0 amide bonds. The Morgan fingerprint density at radius 3 is 2.55 bits per heavy atom. The van der Waals surface area contributed by atoms with E-state index in [2.05, 4.69) is 17.6 Å². The summed E-state index contributed by atoms with van der Waals surface area (Å²) in [6, 6.07) is 11.4. The minimum absolute atomic E-state index is 0.0503. The minimum Gasteiger partial charge on any atom is -0.508 e. The number of aromatic hydroxyl groups is 2. The van der Waals surface area contributed by atoms with Crippen molar-refractivity contribution in [3.63, 3.8) is 0 Å². The highest BCUT2D eigenvalue weighted by Gasteiger charge is 2.55. The molecule has 0 aromatic heterocycles. The van der Waals surface area contributed by atoms with E-state index in [1.165, 1.54) is 12.1 Å². The maximum Gasteiger partial charge on any atom is 0.334 e. The number of aliphatic carboxylic acids is 1. The van der Waals surface area contributed by atoms with Gasteiger partial charge in [0.25, 0.3) is 0 Å². The number of nitrogens with zero attached hydrogens (tertiary/aromatic N) is 1. The second-order valence-electron chi connectivity index (χ2n) is 11.2. The molecule has 0 radical (unpaired) electrons. The summed E-state index contributed by atoms with van der Waals surface area (Å²) >= 11 is 0. The second kappa shape index (κ2) is 10.3. The van der Waals surface area contributed by atoms with Crippen LogP contribution in [0, 0.1) is 17.3 Å². The van der Waals surface area contributed by atoms with Gasteiger partial charge in [0.1, 0.15) is 11.5 Å². The first-order valence-corrected chi connectivity index (χ1v) is 13.2. The molecule has 0 aliphatic heterocycles. The van der Waals surface area contributed by atoms with Gasteiger partial charge in [0.15, 0.2) is 0 Å². The number of phenolic OH excluding ortho intramolecular Hbond substituents is 2. The van der Waals surface area contributed by atoms with Crippen molar-refractivity contribution in [3.05, 3.63) is 59.2 Å². The highest BCUT2D eigenvalue weighted by Crippen LogP contribution is 2.61. The summed E-state index contributed by atoms with van der Waals surface area (Å²) in [7, 11) is 0. The van der Waals surface area contributed by atoms with Gasteiger partial charge < -0.3 is 25.3 Å². The highest BCUT2D eigenvalue weighted by molar-refractivity contribution is 6.03. The Labute approximate surface area is 221 Å². The van der Waals surface area contributed by atoms with Crippen LogP contribution in [-0.4, -0.2) is 44.2 Å². The maximum atomic E-state index is 12.6. The van der Waals surface area contributed by atoms with Crippen LogP contribution in [0.4, 0.5) is 0 Å². The van der Waals surface area contributed by atoms with Crippen LogP contribution in [0.1, 0.15) is 80.4 Å². The largest absolute Gasteiger partial charge is 0.508 e. The van der Waals surface area contributed by atoms with E-state index in [-0.39, 0.29) is 41.8 Å². The van der Waals surface area contributed by atoms with Crippen LogP contribution in [0.5, 0.6) is 11.5 Å². The average molecular weight is 523 g/mol. The lowest BCUT2D eigenvalue weighted by Gasteiger charge is -2.50. The number of aliphatic hydroxyl groups excluding tert-OH is 1.